The van der Waals surface area contributed by atoms with Crippen LogP contribution < -0.4 is 0 Å². The molecule has 0 amide bonds. The van der Waals surface area contributed by atoms with Gasteiger partial charge in [0.15, 0.2) is 0 Å². The summed E-state index contributed by atoms with van der Waals surface area (Å²) in [5, 5.41) is 0. The maximum absolute atomic E-state index is 11.9. The minimum atomic E-state index is -0.333. The first-order chi connectivity index (χ1) is 6.90. The lowest BCUT2D eigenvalue weighted by Crippen LogP contribution is -2.38. The Bertz CT molecular complexity index is 225. The van der Waals surface area contributed by atoms with Crippen LogP contribution in [0.25, 0.3) is 0 Å². The van der Waals surface area contributed by atoms with Gasteiger partial charge in [-0.1, -0.05) is 13.3 Å². The average molecular weight is 212 g/mol. The molecular formula is C13H24O2. The molecule has 88 valence electrons. The van der Waals surface area contributed by atoms with E-state index in [0.29, 0.717) is 0 Å². The highest BCUT2D eigenvalue weighted by molar-refractivity contribution is 5.76. The Kier molecular flexibility index (Phi) is 3.80. The fraction of sp³-hybridized carbons (Fsp3) is 0.923. The molecule has 2 nitrogen and oxygen atoms in total. The number of rotatable bonds is 3. The molecule has 0 bridgehead atoms. The third kappa shape index (κ3) is 3.22. The van der Waals surface area contributed by atoms with Crippen molar-refractivity contribution < 1.29 is 9.53 Å². The molecule has 2 heteroatoms. The molecule has 0 atom stereocenters. The smallest absolute Gasteiger partial charge is 0.312 e. The molecule has 0 aromatic carbocycles. The third-order valence-corrected chi connectivity index (χ3v) is 3.69. The zero-order chi connectivity index (χ0) is 11.5. The quantitative estimate of drug-likeness (QED) is 0.667. The molecule has 0 aliphatic heterocycles. The summed E-state index contributed by atoms with van der Waals surface area (Å²) in [5.41, 5.74) is -0.526. The van der Waals surface area contributed by atoms with Crippen molar-refractivity contribution in [2.45, 2.75) is 71.8 Å². The van der Waals surface area contributed by atoms with Crippen molar-refractivity contribution in [2.75, 3.05) is 0 Å². The van der Waals surface area contributed by atoms with E-state index in [2.05, 4.69) is 6.92 Å². The van der Waals surface area contributed by atoms with Crippen molar-refractivity contribution in [3.05, 3.63) is 0 Å². The van der Waals surface area contributed by atoms with E-state index in [1.54, 1.807) is 0 Å². The zero-order valence-corrected chi connectivity index (χ0v) is 10.6. The van der Waals surface area contributed by atoms with Crippen LogP contribution in [0.15, 0.2) is 0 Å². The van der Waals surface area contributed by atoms with E-state index < -0.39 is 0 Å². The van der Waals surface area contributed by atoms with E-state index in [9.17, 15) is 4.79 Å². The first kappa shape index (κ1) is 12.5. The second kappa shape index (κ2) is 4.54. The highest BCUT2D eigenvalue weighted by atomic mass is 16.6. The van der Waals surface area contributed by atoms with Crippen LogP contribution in [0.2, 0.25) is 0 Å². The lowest BCUT2D eigenvalue weighted by atomic mass is 9.85. The van der Waals surface area contributed by atoms with Gasteiger partial charge in [0.25, 0.3) is 0 Å². The van der Waals surface area contributed by atoms with Gasteiger partial charge in [-0.2, -0.15) is 0 Å². The molecule has 0 radical (unpaired) electrons. The molecule has 0 aromatic heterocycles. The highest BCUT2D eigenvalue weighted by Gasteiger charge is 2.36. The van der Waals surface area contributed by atoms with Gasteiger partial charge in [-0.15, -0.1) is 0 Å². The van der Waals surface area contributed by atoms with Crippen molar-refractivity contribution in [1.29, 1.82) is 0 Å². The van der Waals surface area contributed by atoms with Crippen molar-refractivity contribution in [3.63, 3.8) is 0 Å². The number of carbonyl (C=O) groups is 1. The summed E-state index contributed by atoms with van der Waals surface area (Å²) in [5.74, 6) is -0.0330. The van der Waals surface area contributed by atoms with Crippen LogP contribution in [-0.4, -0.2) is 11.6 Å². The van der Waals surface area contributed by atoms with Crippen LogP contribution in [-0.2, 0) is 9.53 Å². The predicted octanol–water partition coefficient (Wildman–Crippen LogP) is 3.69. The Morgan fingerprint density at radius 3 is 2.27 bits per heavy atom. The van der Waals surface area contributed by atoms with E-state index in [1.807, 2.05) is 20.8 Å². The maximum atomic E-state index is 11.9. The molecule has 1 rings (SSSR count). The van der Waals surface area contributed by atoms with Crippen LogP contribution in [0.3, 0.4) is 0 Å². The zero-order valence-electron chi connectivity index (χ0n) is 10.6. The lowest BCUT2D eigenvalue weighted by molar-refractivity contribution is -0.172. The summed E-state index contributed by atoms with van der Waals surface area (Å²) in [4.78, 5) is 11.9. The van der Waals surface area contributed by atoms with Crippen molar-refractivity contribution in [2.24, 2.45) is 5.41 Å². The van der Waals surface area contributed by atoms with Gasteiger partial charge in [0.1, 0.15) is 5.60 Å². The van der Waals surface area contributed by atoms with Crippen LogP contribution in [0, 0.1) is 5.41 Å². The molecular weight excluding hydrogens is 188 g/mol. The van der Waals surface area contributed by atoms with E-state index in [0.717, 1.165) is 19.3 Å². The Labute approximate surface area is 93.4 Å². The fourth-order valence-corrected chi connectivity index (χ4v) is 1.91. The second-order valence-corrected chi connectivity index (χ2v) is 5.64. The first-order valence-electron chi connectivity index (χ1n) is 6.13. The largest absolute Gasteiger partial charge is 0.459 e. The standard InChI is InChI=1S/C13H24O2/c1-5-12(2,3)11(14)15-13(4)9-7-6-8-10-13/h5-10H2,1-4H3. The van der Waals surface area contributed by atoms with Gasteiger partial charge in [-0.05, 0) is 52.9 Å². The SMILES string of the molecule is CCC(C)(C)C(=O)OC1(C)CCCCC1. The minimum Gasteiger partial charge on any atom is -0.459 e. The summed E-state index contributed by atoms with van der Waals surface area (Å²) >= 11 is 0. The van der Waals surface area contributed by atoms with Crippen molar-refractivity contribution >= 4 is 5.97 Å². The Balaban J connectivity index is 2.56. The van der Waals surface area contributed by atoms with Crippen molar-refractivity contribution in [1.82, 2.24) is 0 Å². The van der Waals surface area contributed by atoms with Gasteiger partial charge in [0, 0.05) is 0 Å². The summed E-state index contributed by atoms with van der Waals surface area (Å²) in [6, 6.07) is 0. The summed E-state index contributed by atoms with van der Waals surface area (Å²) in [7, 11) is 0. The summed E-state index contributed by atoms with van der Waals surface area (Å²) < 4.78 is 5.70. The molecule has 1 saturated carbocycles. The second-order valence-electron chi connectivity index (χ2n) is 5.64. The number of carbonyl (C=O) groups excluding carboxylic acids is 1. The van der Waals surface area contributed by atoms with Crippen LogP contribution >= 0.6 is 0 Å². The van der Waals surface area contributed by atoms with Crippen LogP contribution in [0.4, 0.5) is 0 Å². The number of hydrogen-bond acceptors (Lipinski definition) is 2. The topological polar surface area (TPSA) is 26.3 Å². The Hall–Kier alpha value is -0.530. The summed E-state index contributed by atoms with van der Waals surface area (Å²) in [6.07, 6.45) is 6.55. The molecule has 15 heavy (non-hydrogen) atoms. The van der Waals surface area contributed by atoms with Crippen LogP contribution in [0.5, 0.6) is 0 Å². The highest BCUT2D eigenvalue weighted by Crippen LogP contribution is 2.34. The molecule has 1 aliphatic rings. The monoisotopic (exact) mass is 212 g/mol. The van der Waals surface area contributed by atoms with Gasteiger partial charge < -0.3 is 4.74 Å². The van der Waals surface area contributed by atoms with Crippen LogP contribution in [0.1, 0.15) is 66.2 Å². The fourth-order valence-electron chi connectivity index (χ4n) is 1.91. The van der Waals surface area contributed by atoms with E-state index in [-0.39, 0.29) is 17.0 Å². The first-order valence-corrected chi connectivity index (χ1v) is 6.13. The Morgan fingerprint density at radius 1 is 1.27 bits per heavy atom. The van der Waals surface area contributed by atoms with Gasteiger partial charge in [0.2, 0.25) is 0 Å². The molecule has 1 fully saturated rings. The predicted molar refractivity (Wildman–Crippen MR) is 61.7 cm³/mol. The third-order valence-electron chi connectivity index (χ3n) is 3.69. The minimum absolute atomic E-state index is 0.0330. The lowest BCUT2D eigenvalue weighted by Gasteiger charge is -2.36. The van der Waals surface area contributed by atoms with Gasteiger partial charge in [0.05, 0.1) is 5.41 Å². The number of esters is 1. The maximum Gasteiger partial charge on any atom is 0.312 e. The number of ether oxygens (including phenoxy) is 1. The van der Waals surface area contributed by atoms with E-state index in [1.165, 1.54) is 19.3 Å². The average Bonchev–Trinajstić information content (AvgIpc) is 2.18. The molecule has 1 aliphatic carbocycles. The van der Waals surface area contributed by atoms with Gasteiger partial charge >= 0.3 is 5.97 Å². The summed E-state index contributed by atoms with van der Waals surface area (Å²) in [6.45, 7) is 8.03. The Morgan fingerprint density at radius 2 is 1.80 bits per heavy atom. The van der Waals surface area contributed by atoms with E-state index in [4.69, 9.17) is 4.74 Å². The number of hydrogen-bond donors (Lipinski definition) is 0. The van der Waals surface area contributed by atoms with E-state index >= 15 is 0 Å². The molecule has 0 unspecified atom stereocenters. The molecule has 0 heterocycles. The molecule has 0 saturated heterocycles. The molecule has 0 N–H and O–H groups in total. The van der Waals surface area contributed by atoms with Crippen molar-refractivity contribution in [3.8, 4) is 0 Å². The van der Waals surface area contributed by atoms with Gasteiger partial charge in [-0.3, -0.25) is 4.79 Å². The van der Waals surface area contributed by atoms with Gasteiger partial charge in [-0.25, -0.2) is 0 Å². The molecule has 0 aromatic rings. The molecule has 0 spiro atoms. The normalized spacial score (nSPS) is 21.1.